The van der Waals surface area contributed by atoms with E-state index in [4.69, 9.17) is 0 Å². The molecule has 0 aromatic rings. The Morgan fingerprint density at radius 3 is 2.17 bits per heavy atom. The van der Waals surface area contributed by atoms with E-state index >= 15 is 0 Å². The Labute approximate surface area is 70.0 Å². The molecule has 0 unspecified atom stereocenters. The van der Waals surface area contributed by atoms with Crippen molar-refractivity contribution < 1.29 is 14.4 Å². The van der Waals surface area contributed by atoms with Gasteiger partial charge in [-0.2, -0.15) is 0 Å². The highest BCUT2D eigenvalue weighted by atomic mass is 16.7. The highest BCUT2D eigenvalue weighted by molar-refractivity contribution is 5.98. The van der Waals surface area contributed by atoms with Crippen molar-refractivity contribution >= 4 is 11.8 Å². The van der Waals surface area contributed by atoms with Crippen LogP contribution in [0.15, 0.2) is 5.34 Å². The molecule has 0 bridgehead atoms. The third-order valence-corrected chi connectivity index (χ3v) is 1.28. The van der Waals surface area contributed by atoms with E-state index in [9.17, 15) is 14.5 Å². The third kappa shape index (κ3) is 3.80. The van der Waals surface area contributed by atoms with Crippen LogP contribution in [0.4, 0.5) is 0 Å². The van der Waals surface area contributed by atoms with Crippen molar-refractivity contribution in [1.29, 1.82) is 0 Å². The summed E-state index contributed by atoms with van der Waals surface area (Å²) in [4.78, 5) is 34.8. The fourth-order valence-electron chi connectivity index (χ4n) is 0.470. The lowest BCUT2D eigenvalue weighted by Gasteiger charge is -2.14. The zero-order valence-electron chi connectivity index (χ0n) is 7.29. The largest absolute Gasteiger partial charge is 0.345 e. The summed E-state index contributed by atoms with van der Waals surface area (Å²) < 4.78 is 0. The number of hydrogen-bond donors (Lipinski definition) is 0. The lowest BCUT2D eigenvalue weighted by Crippen LogP contribution is -2.23. The molecule has 0 aliphatic heterocycles. The van der Waals surface area contributed by atoms with Crippen molar-refractivity contribution in [2.24, 2.45) is 10.8 Å². The molecule has 0 heterocycles. The summed E-state index contributed by atoms with van der Waals surface area (Å²) in [6.07, 6.45) is -0.408. The smallest absolute Gasteiger partial charge is 0.298 e. The van der Waals surface area contributed by atoms with Gasteiger partial charge in [0.2, 0.25) is 0 Å². The van der Waals surface area contributed by atoms with E-state index in [1.807, 2.05) is 5.34 Å². The maximum absolute atomic E-state index is 11.1. The normalized spacial score (nSPS) is 10.6. The SMILES string of the molecule is CC(C)(C)C(=O)CC(=O)ON=O. The monoisotopic (exact) mass is 173 g/mol. The molecule has 0 aromatic carbocycles. The first-order valence-electron chi connectivity index (χ1n) is 3.43. The van der Waals surface area contributed by atoms with E-state index in [1.54, 1.807) is 20.8 Å². The van der Waals surface area contributed by atoms with Crippen LogP contribution >= 0.6 is 0 Å². The van der Waals surface area contributed by atoms with Crippen LogP contribution in [0.1, 0.15) is 27.2 Å². The maximum atomic E-state index is 11.1. The summed E-state index contributed by atoms with van der Waals surface area (Å²) in [5, 5.41) is 1.92. The van der Waals surface area contributed by atoms with Crippen molar-refractivity contribution in [2.75, 3.05) is 0 Å². The molecule has 68 valence electrons. The molecular weight excluding hydrogens is 162 g/mol. The van der Waals surface area contributed by atoms with Crippen LogP contribution in [0.25, 0.3) is 0 Å². The van der Waals surface area contributed by atoms with E-state index in [0.29, 0.717) is 0 Å². The standard InChI is InChI=1S/C7H11NO4/c1-7(2,3)5(9)4-6(10)12-8-11/h4H2,1-3H3. The average Bonchev–Trinajstić information content (AvgIpc) is 1.85. The minimum atomic E-state index is -0.912. The second-order valence-corrected chi connectivity index (χ2v) is 3.39. The fourth-order valence-corrected chi connectivity index (χ4v) is 0.470. The third-order valence-electron chi connectivity index (χ3n) is 1.28. The van der Waals surface area contributed by atoms with E-state index < -0.39 is 17.8 Å². The molecule has 0 saturated carbocycles. The number of carbonyl (C=O) groups is 2. The summed E-state index contributed by atoms with van der Waals surface area (Å²) >= 11 is 0. The van der Waals surface area contributed by atoms with Crippen molar-refractivity contribution in [2.45, 2.75) is 27.2 Å². The molecule has 12 heavy (non-hydrogen) atoms. The lowest BCUT2D eigenvalue weighted by atomic mass is 9.89. The predicted octanol–water partition coefficient (Wildman–Crippen LogP) is 1.22. The molecule has 0 saturated heterocycles. The van der Waals surface area contributed by atoms with Crippen LogP contribution in [0.2, 0.25) is 0 Å². The van der Waals surface area contributed by atoms with Gasteiger partial charge in [0.05, 0.1) is 0 Å². The van der Waals surface area contributed by atoms with Gasteiger partial charge in [0, 0.05) is 5.41 Å². The summed E-state index contributed by atoms with van der Waals surface area (Å²) in [7, 11) is 0. The van der Waals surface area contributed by atoms with Gasteiger partial charge in [-0.1, -0.05) is 20.8 Å². The van der Waals surface area contributed by atoms with Crippen LogP contribution in [-0.2, 0) is 14.4 Å². The first kappa shape index (κ1) is 10.7. The van der Waals surface area contributed by atoms with Gasteiger partial charge in [0.15, 0.2) is 5.34 Å². The van der Waals surface area contributed by atoms with E-state index in [2.05, 4.69) is 4.84 Å². The first-order valence-corrected chi connectivity index (χ1v) is 3.43. The Morgan fingerprint density at radius 2 is 1.83 bits per heavy atom. The number of Topliss-reactive ketones (excluding diaryl/α,β-unsaturated/α-hetero) is 1. The molecule has 0 N–H and O–H groups in total. The van der Waals surface area contributed by atoms with Gasteiger partial charge < -0.3 is 0 Å². The molecule has 0 rings (SSSR count). The summed E-state index contributed by atoms with van der Waals surface area (Å²) in [5.41, 5.74) is -0.595. The Morgan fingerprint density at radius 1 is 1.33 bits per heavy atom. The Balaban J connectivity index is 4.02. The fraction of sp³-hybridized carbons (Fsp3) is 0.714. The number of nitrogens with zero attached hydrogens (tertiary/aromatic N) is 1. The molecule has 0 amide bonds. The molecular formula is C7H11NO4. The average molecular weight is 173 g/mol. The number of hydrogen-bond acceptors (Lipinski definition) is 5. The van der Waals surface area contributed by atoms with Crippen LogP contribution in [0.3, 0.4) is 0 Å². The van der Waals surface area contributed by atoms with Crippen molar-refractivity contribution in [3.63, 3.8) is 0 Å². The van der Waals surface area contributed by atoms with Crippen LogP contribution in [-0.4, -0.2) is 11.8 Å². The number of carbonyl (C=O) groups excluding carboxylic acids is 2. The molecule has 0 aromatic heterocycles. The molecule has 5 heteroatoms. The Bertz CT molecular complexity index is 204. The Hall–Kier alpha value is -1.26. The first-order chi connectivity index (χ1) is 5.38. The van der Waals surface area contributed by atoms with Gasteiger partial charge in [-0.15, -0.1) is 4.91 Å². The van der Waals surface area contributed by atoms with Gasteiger partial charge >= 0.3 is 5.97 Å². The molecule has 0 atom stereocenters. The summed E-state index contributed by atoms with van der Waals surface area (Å²) in [6.45, 7) is 5.03. The maximum Gasteiger partial charge on any atom is 0.345 e. The molecule has 0 radical (unpaired) electrons. The van der Waals surface area contributed by atoms with Gasteiger partial charge in [-0.05, 0) is 0 Å². The van der Waals surface area contributed by atoms with Crippen molar-refractivity contribution in [3.8, 4) is 0 Å². The highest BCUT2D eigenvalue weighted by Crippen LogP contribution is 2.16. The van der Waals surface area contributed by atoms with Crippen LogP contribution in [0.5, 0.6) is 0 Å². The van der Waals surface area contributed by atoms with E-state index in [-0.39, 0.29) is 5.78 Å². The van der Waals surface area contributed by atoms with Crippen molar-refractivity contribution in [1.82, 2.24) is 0 Å². The zero-order valence-corrected chi connectivity index (χ0v) is 7.29. The van der Waals surface area contributed by atoms with E-state index in [1.165, 1.54) is 0 Å². The summed E-state index contributed by atoms with van der Waals surface area (Å²) in [6, 6.07) is 0. The molecule has 0 fully saturated rings. The van der Waals surface area contributed by atoms with Gasteiger partial charge in [0.25, 0.3) is 0 Å². The van der Waals surface area contributed by atoms with Crippen molar-refractivity contribution in [3.05, 3.63) is 4.91 Å². The van der Waals surface area contributed by atoms with Crippen LogP contribution < -0.4 is 0 Å². The minimum Gasteiger partial charge on any atom is -0.298 e. The quantitative estimate of drug-likeness (QED) is 0.365. The molecule has 5 nitrogen and oxygen atoms in total. The number of ketones is 1. The topological polar surface area (TPSA) is 72.8 Å². The lowest BCUT2D eigenvalue weighted by molar-refractivity contribution is -0.147. The van der Waals surface area contributed by atoms with Gasteiger partial charge in [0.1, 0.15) is 12.2 Å². The van der Waals surface area contributed by atoms with Gasteiger partial charge in [-0.25, -0.2) is 4.79 Å². The van der Waals surface area contributed by atoms with E-state index in [0.717, 1.165) is 0 Å². The van der Waals surface area contributed by atoms with Crippen LogP contribution in [0, 0.1) is 10.3 Å². The zero-order chi connectivity index (χ0) is 9.78. The minimum absolute atomic E-state index is 0.281. The summed E-state index contributed by atoms with van der Waals surface area (Å²) in [5.74, 6) is -1.19. The molecule has 0 spiro atoms. The second kappa shape index (κ2) is 3.94. The molecule has 0 aliphatic carbocycles. The molecule has 0 aliphatic rings. The van der Waals surface area contributed by atoms with Gasteiger partial charge in [-0.3, -0.25) is 9.63 Å². The Kier molecular flexibility index (Phi) is 3.53. The number of rotatable bonds is 3. The predicted molar refractivity (Wildman–Crippen MR) is 41.0 cm³/mol. The highest BCUT2D eigenvalue weighted by Gasteiger charge is 2.24. The second-order valence-electron chi connectivity index (χ2n) is 3.39.